The summed E-state index contributed by atoms with van der Waals surface area (Å²) in [6.07, 6.45) is 1.75. The molecule has 2 nitrogen and oxygen atoms in total. The van der Waals surface area contributed by atoms with Gasteiger partial charge in [-0.2, -0.15) is 0 Å². The minimum absolute atomic E-state index is 0.0185. The van der Waals surface area contributed by atoms with Gasteiger partial charge < -0.3 is 9.59 Å². The fourth-order valence-corrected chi connectivity index (χ4v) is 1.24. The highest BCUT2D eigenvalue weighted by atomic mass is 16.1. The number of hydrogen-bond acceptors (Lipinski definition) is 2. The summed E-state index contributed by atoms with van der Waals surface area (Å²) in [7, 11) is 0. The molecule has 50 valence electrons. The topological polar surface area (TPSA) is 34.1 Å². The zero-order chi connectivity index (χ0) is 7.07. The lowest BCUT2D eigenvalue weighted by Crippen LogP contribution is -1.90. The fraction of sp³-hybridized carbons (Fsp3) is 0.714. The lowest BCUT2D eigenvalue weighted by Gasteiger charge is -1.92. The van der Waals surface area contributed by atoms with Gasteiger partial charge in [-0.3, -0.25) is 0 Å². The second-order valence-electron chi connectivity index (χ2n) is 3.15. The number of carbonyl (C=O) groups excluding carboxylic acids is 2. The molecule has 9 heavy (non-hydrogen) atoms. The van der Waals surface area contributed by atoms with E-state index in [1.807, 2.05) is 13.8 Å². The highest BCUT2D eigenvalue weighted by Crippen LogP contribution is 2.55. The van der Waals surface area contributed by atoms with Crippen LogP contribution in [0.2, 0.25) is 0 Å². The van der Waals surface area contributed by atoms with Crippen LogP contribution < -0.4 is 0 Å². The van der Waals surface area contributed by atoms with Gasteiger partial charge in [-0.25, -0.2) is 0 Å². The number of carbonyl (C=O) groups is 2. The Labute approximate surface area is 54.2 Å². The second kappa shape index (κ2) is 1.66. The van der Waals surface area contributed by atoms with E-state index in [0.717, 1.165) is 12.6 Å². The van der Waals surface area contributed by atoms with E-state index in [1.54, 1.807) is 0 Å². The van der Waals surface area contributed by atoms with E-state index in [9.17, 15) is 9.59 Å². The minimum atomic E-state index is -0.0521. The summed E-state index contributed by atoms with van der Waals surface area (Å²) < 4.78 is 0. The van der Waals surface area contributed by atoms with E-state index in [2.05, 4.69) is 0 Å². The third-order valence-electron chi connectivity index (χ3n) is 2.29. The molecule has 0 aromatic rings. The van der Waals surface area contributed by atoms with E-state index >= 15 is 0 Å². The first-order valence-corrected chi connectivity index (χ1v) is 3.05. The molecule has 1 aliphatic carbocycles. The monoisotopic (exact) mass is 126 g/mol. The Morgan fingerprint density at radius 1 is 1.11 bits per heavy atom. The summed E-state index contributed by atoms with van der Waals surface area (Å²) in [6, 6.07) is 0. The average Bonchev–Trinajstić information content (AvgIpc) is 2.32. The summed E-state index contributed by atoms with van der Waals surface area (Å²) in [6.45, 7) is 3.87. The minimum Gasteiger partial charge on any atom is -0.303 e. The van der Waals surface area contributed by atoms with Gasteiger partial charge in [-0.05, 0) is 5.41 Å². The lowest BCUT2D eigenvalue weighted by molar-refractivity contribution is -0.112. The van der Waals surface area contributed by atoms with Gasteiger partial charge in [-0.15, -0.1) is 0 Å². The lowest BCUT2D eigenvalue weighted by atomic mass is 10.1. The molecule has 1 fully saturated rings. The second-order valence-corrected chi connectivity index (χ2v) is 3.15. The van der Waals surface area contributed by atoms with Gasteiger partial charge >= 0.3 is 0 Å². The number of aldehydes is 2. The molecule has 0 bridgehead atoms. The summed E-state index contributed by atoms with van der Waals surface area (Å²) in [5, 5.41) is 0. The Bertz CT molecular complexity index is 133. The third-order valence-corrected chi connectivity index (χ3v) is 2.29. The van der Waals surface area contributed by atoms with Crippen molar-refractivity contribution in [3.8, 4) is 0 Å². The van der Waals surface area contributed by atoms with Crippen molar-refractivity contribution >= 4 is 12.6 Å². The standard InChI is InChI=1S/C7H10O2/c1-7(2)5(3-8)6(7)4-9/h3-6H,1-2H3/t5-,6+. The molecule has 0 spiro atoms. The largest absolute Gasteiger partial charge is 0.303 e. The van der Waals surface area contributed by atoms with E-state index in [1.165, 1.54) is 0 Å². The first kappa shape index (κ1) is 6.46. The van der Waals surface area contributed by atoms with Crippen LogP contribution in [0.1, 0.15) is 13.8 Å². The van der Waals surface area contributed by atoms with E-state index in [0.29, 0.717) is 0 Å². The highest BCUT2D eigenvalue weighted by molar-refractivity contribution is 5.74. The molecular formula is C7H10O2. The summed E-state index contributed by atoms with van der Waals surface area (Å²) in [5.41, 5.74) is -0.0521. The van der Waals surface area contributed by atoms with E-state index in [-0.39, 0.29) is 17.3 Å². The first-order chi connectivity index (χ1) is 4.14. The normalized spacial score (nSPS) is 37.6. The molecule has 0 heterocycles. The van der Waals surface area contributed by atoms with Gasteiger partial charge in [0.1, 0.15) is 12.6 Å². The summed E-state index contributed by atoms with van der Waals surface area (Å²) >= 11 is 0. The van der Waals surface area contributed by atoms with E-state index in [4.69, 9.17) is 0 Å². The molecule has 1 rings (SSSR count). The van der Waals surface area contributed by atoms with Crippen LogP contribution in [0.5, 0.6) is 0 Å². The first-order valence-electron chi connectivity index (χ1n) is 3.05. The number of rotatable bonds is 2. The van der Waals surface area contributed by atoms with Gasteiger partial charge in [0.25, 0.3) is 0 Å². The molecule has 1 saturated carbocycles. The van der Waals surface area contributed by atoms with Crippen molar-refractivity contribution < 1.29 is 9.59 Å². The Hall–Kier alpha value is -0.660. The molecule has 0 aromatic heterocycles. The Morgan fingerprint density at radius 2 is 1.44 bits per heavy atom. The van der Waals surface area contributed by atoms with Crippen LogP contribution in [0.15, 0.2) is 0 Å². The van der Waals surface area contributed by atoms with Crippen molar-refractivity contribution in [2.75, 3.05) is 0 Å². The molecular weight excluding hydrogens is 116 g/mol. The van der Waals surface area contributed by atoms with E-state index < -0.39 is 0 Å². The maximum absolute atomic E-state index is 10.2. The Kier molecular flexibility index (Phi) is 1.19. The average molecular weight is 126 g/mol. The summed E-state index contributed by atoms with van der Waals surface area (Å²) in [4.78, 5) is 20.4. The van der Waals surface area contributed by atoms with Crippen LogP contribution in [-0.4, -0.2) is 12.6 Å². The van der Waals surface area contributed by atoms with Crippen LogP contribution >= 0.6 is 0 Å². The molecule has 0 N–H and O–H groups in total. The molecule has 2 heteroatoms. The molecule has 2 atom stereocenters. The van der Waals surface area contributed by atoms with Gasteiger partial charge in [0.15, 0.2) is 0 Å². The Morgan fingerprint density at radius 3 is 1.56 bits per heavy atom. The molecule has 0 saturated heterocycles. The zero-order valence-electron chi connectivity index (χ0n) is 5.63. The molecule has 0 radical (unpaired) electrons. The van der Waals surface area contributed by atoms with Crippen LogP contribution in [-0.2, 0) is 9.59 Å². The van der Waals surface area contributed by atoms with Gasteiger partial charge in [0, 0.05) is 11.8 Å². The van der Waals surface area contributed by atoms with Crippen molar-refractivity contribution in [3.63, 3.8) is 0 Å². The van der Waals surface area contributed by atoms with Crippen LogP contribution in [0.25, 0.3) is 0 Å². The van der Waals surface area contributed by atoms with Crippen LogP contribution in [0.4, 0.5) is 0 Å². The van der Waals surface area contributed by atoms with Crippen LogP contribution in [0, 0.1) is 17.3 Å². The Balaban J connectivity index is 2.64. The zero-order valence-corrected chi connectivity index (χ0v) is 5.63. The smallest absolute Gasteiger partial charge is 0.124 e. The molecule has 0 aliphatic heterocycles. The van der Waals surface area contributed by atoms with Crippen molar-refractivity contribution in [1.29, 1.82) is 0 Å². The predicted molar refractivity (Wildman–Crippen MR) is 32.9 cm³/mol. The summed E-state index contributed by atoms with van der Waals surface area (Å²) in [5.74, 6) is -0.0370. The third kappa shape index (κ3) is 0.696. The molecule has 0 amide bonds. The van der Waals surface area contributed by atoms with Gasteiger partial charge in [-0.1, -0.05) is 13.8 Å². The highest BCUT2D eigenvalue weighted by Gasteiger charge is 2.57. The maximum atomic E-state index is 10.2. The van der Waals surface area contributed by atoms with Crippen molar-refractivity contribution in [1.82, 2.24) is 0 Å². The molecule has 1 aliphatic rings. The number of hydrogen-bond donors (Lipinski definition) is 0. The van der Waals surface area contributed by atoms with Crippen molar-refractivity contribution in [2.45, 2.75) is 13.8 Å². The SMILES string of the molecule is CC1(C)[C@H](C=O)[C@@H]1C=O. The van der Waals surface area contributed by atoms with Crippen molar-refractivity contribution in [2.24, 2.45) is 17.3 Å². The van der Waals surface area contributed by atoms with Crippen molar-refractivity contribution in [3.05, 3.63) is 0 Å². The molecule has 0 unspecified atom stereocenters. The fourth-order valence-electron chi connectivity index (χ4n) is 1.24. The van der Waals surface area contributed by atoms with Gasteiger partial charge in [0.2, 0.25) is 0 Å². The van der Waals surface area contributed by atoms with Gasteiger partial charge in [0.05, 0.1) is 0 Å². The quantitative estimate of drug-likeness (QED) is 0.509. The molecule has 0 aromatic carbocycles. The predicted octanol–water partition coefficient (Wildman–Crippen LogP) is 0.656. The van der Waals surface area contributed by atoms with Crippen LogP contribution in [0.3, 0.4) is 0 Å². The maximum Gasteiger partial charge on any atom is 0.124 e.